The van der Waals surface area contributed by atoms with Gasteiger partial charge in [0.25, 0.3) is 0 Å². The number of likely N-dealkylation sites (tertiary alicyclic amines) is 1. The van der Waals surface area contributed by atoms with Crippen molar-refractivity contribution in [3.05, 3.63) is 89.2 Å². The lowest BCUT2D eigenvalue weighted by Gasteiger charge is -2.35. The van der Waals surface area contributed by atoms with Crippen molar-refractivity contribution in [3.8, 4) is 0 Å². The second-order valence-electron chi connectivity index (χ2n) is 13.6. The monoisotopic (exact) mass is 634 g/mol. The van der Waals surface area contributed by atoms with Crippen LogP contribution in [0.5, 0.6) is 0 Å². The van der Waals surface area contributed by atoms with E-state index < -0.39 is 12.0 Å². The Morgan fingerprint density at radius 2 is 2.02 bits per heavy atom. The smallest absolute Gasteiger partial charge is 0.321 e. The Bertz CT molecular complexity index is 1400. The van der Waals surface area contributed by atoms with Gasteiger partial charge in [0.15, 0.2) is 6.79 Å². The fourth-order valence-corrected chi connectivity index (χ4v) is 7.94. The lowest BCUT2D eigenvalue weighted by molar-refractivity contribution is -0.145. The third-order valence-corrected chi connectivity index (χ3v) is 10.1. The van der Waals surface area contributed by atoms with Gasteiger partial charge in [-0.05, 0) is 106 Å². The predicted octanol–water partition coefficient (Wildman–Crippen LogP) is 6.37. The molecular weight excluding hydrogens is 583 g/mol. The maximum Gasteiger partial charge on any atom is 0.321 e. The molecule has 0 amide bonds. The summed E-state index contributed by atoms with van der Waals surface area (Å²) in [5, 5.41) is 14.9. The third-order valence-electron chi connectivity index (χ3n) is 10.1. The average Bonchev–Trinajstić information content (AvgIpc) is 3.78. The summed E-state index contributed by atoms with van der Waals surface area (Å²) in [6.07, 6.45) is 10.4. The van der Waals surface area contributed by atoms with Gasteiger partial charge < -0.3 is 19.5 Å². The predicted molar refractivity (Wildman–Crippen MR) is 178 cm³/mol. The van der Waals surface area contributed by atoms with Gasteiger partial charge in [0.1, 0.15) is 24.2 Å². The number of hydrogen-bond donors (Lipinski definition) is 1. The number of carbonyl (C=O) groups is 1. The van der Waals surface area contributed by atoms with Crippen LogP contribution < -0.4 is 0 Å². The number of ether oxygens (including phenoxy) is 2. The molecule has 0 unspecified atom stereocenters. The van der Waals surface area contributed by atoms with E-state index in [1.165, 1.54) is 11.8 Å². The highest BCUT2D eigenvalue weighted by atomic mass is 19.1. The molecule has 3 aliphatic rings. The van der Waals surface area contributed by atoms with Crippen LogP contribution in [0.3, 0.4) is 0 Å². The van der Waals surface area contributed by atoms with Crippen LogP contribution in [0.25, 0.3) is 0 Å². The maximum absolute atomic E-state index is 14.3. The SMILES string of the molecule is C=CC=C(C=C1COCO1)Cc1cc(C2CCN(C[C@H]3C[C@H](N(C)[C@@H](C(=O)O)C(C)C)C[C@@H]3c3cccc(F)c3)CC2)n(CC)n1. The summed E-state index contributed by atoms with van der Waals surface area (Å²) >= 11 is 0. The summed E-state index contributed by atoms with van der Waals surface area (Å²) in [6, 6.07) is 8.89. The topological polar surface area (TPSA) is 80.1 Å². The first kappa shape index (κ1) is 34.1. The number of halogens is 1. The molecule has 1 aliphatic carbocycles. The zero-order chi connectivity index (χ0) is 32.8. The van der Waals surface area contributed by atoms with Gasteiger partial charge in [0, 0.05) is 37.2 Å². The van der Waals surface area contributed by atoms with Gasteiger partial charge in [-0.25, -0.2) is 4.39 Å². The largest absolute Gasteiger partial charge is 0.480 e. The molecule has 9 heteroatoms. The first-order chi connectivity index (χ1) is 22.2. The highest BCUT2D eigenvalue weighted by Crippen LogP contribution is 2.43. The van der Waals surface area contributed by atoms with Crippen molar-refractivity contribution in [2.45, 2.75) is 83.3 Å². The number of carboxylic acids is 1. The van der Waals surface area contributed by atoms with Crippen LogP contribution in [0.15, 0.2) is 66.5 Å². The van der Waals surface area contributed by atoms with Gasteiger partial charge in [0.2, 0.25) is 0 Å². The quantitative estimate of drug-likeness (QED) is 0.257. The molecule has 0 spiro atoms. The minimum absolute atomic E-state index is 0.00260. The molecule has 8 nitrogen and oxygen atoms in total. The second kappa shape index (κ2) is 15.5. The van der Waals surface area contributed by atoms with Crippen molar-refractivity contribution < 1.29 is 23.8 Å². The van der Waals surface area contributed by atoms with Crippen LogP contribution in [0.2, 0.25) is 0 Å². The highest BCUT2D eigenvalue weighted by Gasteiger charge is 2.42. The molecule has 1 saturated carbocycles. The minimum Gasteiger partial charge on any atom is -0.480 e. The lowest BCUT2D eigenvalue weighted by atomic mass is 9.87. The maximum atomic E-state index is 14.3. The standard InChI is InChI=1S/C37H51FN4O4/c1-6-9-26(17-33-23-45-24-46-33)16-31-20-35(42(7-2)39-31)27-12-14-41(15-13-27)22-29-19-32(40(5)36(25(3)4)37(43)44)21-34(29)28-10-8-11-30(38)18-28/h6,8-11,17-18,20,25,27,29,32,34,36H,1,7,12-16,19,21-24H2,2-5H3,(H,43,44)/t29-,32+,34-,36-/m1/s1. The Morgan fingerprint density at radius 1 is 1.24 bits per heavy atom. The molecule has 250 valence electrons. The van der Waals surface area contributed by atoms with Gasteiger partial charge >= 0.3 is 5.97 Å². The van der Waals surface area contributed by atoms with Crippen molar-refractivity contribution in [1.29, 1.82) is 0 Å². The van der Waals surface area contributed by atoms with Crippen molar-refractivity contribution >= 4 is 5.97 Å². The Labute approximate surface area is 273 Å². The van der Waals surface area contributed by atoms with Crippen LogP contribution in [0.4, 0.5) is 4.39 Å². The zero-order valence-corrected chi connectivity index (χ0v) is 27.9. The van der Waals surface area contributed by atoms with E-state index in [0.29, 0.717) is 31.7 Å². The summed E-state index contributed by atoms with van der Waals surface area (Å²) in [6.45, 7) is 14.5. The van der Waals surface area contributed by atoms with Crippen molar-refractivity contribution in [3.63, 3.8) is 0 Å². The number of aromatic nitrogens is 2. The fraction of sp³-hybridized carbons (Fsp3) is 0.568. The van der Waals surface area contributed by atoms with Crippen LogP contribution in [0, 0.1) is 17.7 Å². The lowest BCUT2D eigenvalue weighted by Crippen LogP contribution is -2.47. The molecule has 3 heterocycles. The number of aryl methyl sites for hydroxylation is 1. The van der Waals surface area contributed by atoms with E-state index in [-0.39, 0.29) is 23.7 Å². The van der Waals surface area contributed by atoms with Crippen LogP contribution in [0.1, 0.15) is 75.2 Å². The minimum atomic E-state index is -0.776. The van der Waals surface area contributed by atoms with Gasteiger partial charge in [-0.3, -0.25) is 14.4 Å². The Morgan fingerprint density at radius 3 is 2.65 bits per heavy atom. The molecule has 0 bridgehead atoms. The number of likely N-dealkylation sites (N-methyl/N-ethyl adjacent to an activating group) is 1. The van der Waals surface area contributed by atoms with E-state index in [1.54, 1.807) is 18.2 Å². The molecule has 2 aliphatic heterocycles. The van der Waals surface area contributed by atoms with E-state index in [2.05, 4.69) is 34.1 Å². The molecule has 5 rings (SSSR count). The molecule has 0 radical (unpaired) electrons. The van der Waals surface area contributed by atoms with E-state index in [1.807, 2.05) is 39.1 Å². The second-order valence-corrected chi connectivity index (χ2v) is 13.6. The molecule has 1 aromatic carbocycles. The number of hydrogen-bond acceptors (Lipinski definition) is 6. The van der Waals surface area contributed by atoms with Crippen molar-refractivity contribution in [2.24, 2.45) is 11.8 Å². The summed E-state index contributed by atoms with van der Waals surface area (Å²) in [7, 11) is 1.95. The summed E-state index contributed by atoms with van der Waals surface area (Å²) in [5.41, 5.74) is 4.47. The molecule has 3 fully saturated rings. The number of benzene rings is 1. The molecule has 4 atom stereocenters. The van der Waals surface area contributed by atoms with Gasteiger partial charge in [-0.1, -0.05) is 44.7 Å². The first-order valence-corrected chi connectivity index (χ1v) is 16.9. The van der Waals surface area contributed by atoms with Crippen molar-refractivity contribution in [2.75, 3.05) is 40.1 Å². The summed E-state index contributed by atoms with van der Waals surface area (Å²) in [4.78, 5) is 16.8. The summed E-state index contributed by atoms with van der Waals surface area (Å²) < 4.78 is 27.4. The first-order valence-electron chi connectivity index (χ1n) is 16.9. The van der Waals surface area contributed by atoms with Gasteiger partial charge in [-0.2, -0.15) is 5.10 Å². The van der Waals surface area contributed by atoms with E-state index in [0.717, 1.165) is 74.5 Å². The van der Waals surface area contributed by atoms with Crippen LogP contribution in [-0.2, 0) is 27.2 Å². The molecule has 1 aromatic heterocycles. The third kappa shape index (κ3) is 8.17. The highest BCUT2D eigenvalue weighted by molar-refractivity contribution is 5.73. The number of nitrogens with zero attached hydrogens (tertiary/aromatic N) is 4. The van der Waals surface area contributed by atoms with Crippen LogP contribution >= 0.6 is 0 Å². The zero-order valence-electron chi connectivity index (χ0n) is 27.9. The number of aliphatic carboxylic acids is 1. The number of rotatable bonds is 13. The Balaban J connectivity index is 1.25. The molecule has 2 saturated heterocycles. The van der Waals surface area contributed by atoms with E-state index in [9.17, 15) is 14.3 Å². The average molecular weight is 635 g/mol. The van der Waals surface area contributed by atoms with Crippen molar-refractivity contribution in [1.82, 2.24) is 19.6 Å². The number of carboxylic acid groups (broad SMARTS) is 1. The molecular formula is C37H51FN4O4. The number of piperidine rings is 1. The summed E-state index contributed by atoms with van der Waals surface area (Å²) in [5.74, 6) is 0.815. The van der Waals surface area contributed by atoms with E-state index >= 15 is 0 Å². The molecule has 1 N–H and O–H groups in total. The fourth-order valence-electron chi connectivity index (χ4n) is 7.94. The molecule has 2 aromatic rings. The Hall–Kier alpha value is -3.27. The van der Waals surface area contributed by atoms with Gasteiger partial charge in [0.05, 0.1) is 5.69 Å². The number of allylic oxidation sites excluding steroid dienone is 4. The van der Waals surface area contributed by atoms with Gasteiger partial charge in [-0.15, -0.1) is 0 Å². The molecule has 46 heavy (non-hydrogen) atoms. The van der Waals surface area contributed by atoms with Crippen LogP contribution in [-0.4, -0.2) is 82.8 Å². The normalized spacial score (nSPS) is 24.6. The van der Waals surface area contributed by atoms with E-state index in [4.69, 9.17) is 14.6 Å². The Kier molecular flexibility index (Phi) is 11.5.